The maximum atomic E-state index is 12.3. The van der Waals surface area contributed by atoms with Gasteiger partial charge in [-0.2, -0.15) is 0 Å². The van der Waals surface area contributed by atoms with Crippen LogP contribution in [-0.4, -0.2) is 55.5 Å². The summed E-state index contributed by atoms with van der Waals surface area (Å²) in [5, 5.41) is 3.10. The van der Waals surface area contributed by atoms with Crippen LogP contribution < -0.4 is 5.32 Å². The lowest BCUT2D eigenvalue weighted by molar-refractivity contribution is -0.0875. The highest BCUT2D eigenvalue weighted by Crippen LogP contribution is 2.21. The molecule has 2 aliphatic rings. The predicted molar refractivity (Wildman–Crippen MR) is 73.1 cm³/mol. The minimum Gasteiger partial charge on any atom is -0.381 e. The van der Waals surface area contributed by atoms with Crippen LogP contribution in [0.4, 0.5) is 4.79 Å². The Morgan fingerprint density at radius 3 is 2.95 bits per heavy atom. The molecule has 2 aliphatic heterocycles. The smallest absolute Gasteiger partial charge is 0.317 e. The van der Waals surface area contributed by atoms with Gasteiger partial charge < -0.3 is 19.7 Å². The van der Waals surface area contributed by atoms with Crippen LogP contribution in [0.1, 0.15) is 33.6 Å². The van der Waals surface area contributed by atoms with Gasteiger partial charge in [0.25, 0.3) is 0 Å². The zero-order chi connectivity index (χ0) is 13.9. The summed E-state index contributed by atoms with van der Waals surface area (Å²) in [6.07, 6.45) is 1.96. The first-order chi connectivity index (χ1) is 9.04. The Morgan fingerprint density at radius 1 is 1.53 bits per heavy atom. The lowest BCUT2D eigenvalue weighted by Crippen LogP contribution is -2.56. The number of hydrogen-bond donors (Lipinski definition) is 1. The molecule has 2 saturated heterocycles. The largest absolute Gasteiger partial charge is 0.381 e. The number of amides is 2. The summed E-state index contributed by atoms with van der Waals surface area (Å²) in [4.78, 5) is 14.2. The van der Waals surface area contributed by atoms with Crippen molar-refractivity contribution in [1.82, 2.24) is 10.2 Å². The third-order valence-electron chi connectivity index (χ3n) is 4.40. The molecule has 0 aromatic rings. The van der Waals surface area contributed by atoms with E-state index in [1.165, 1.54) is 0 Å². The number of hydrogen-bond acceptors (Lipinski definition) is 3. The summed E-state index contributed by atoms with van der Waals surface area (Å²) in [5.74, 6) is 0.447. The summed E-state index contributed by atoms with van der Waals surface area (Å²) in [5.41, 5.74) is -0.199. The van der Waals surface area contributed by atoms with E-state index in [4.69, 9.17) is 9.47 Å². The predicted octanol–water partition coefficient (Wildman–Crippen LogP) is 1.62. The number of carbonyl (C=O) groups is 1. The molecule has 0 unspecified atom stereocenters. The third-order valence-corrected chi connectivity index (χ3v) is 4.40. The zero-order valence-electron chi connectivity index (χ0n) is 12.3. The number of morpholine rings is 1. The van der Waals surface area contributed by atoms with E-state index in [9.17, 15) is 4.79 Å². The lowest BCUT2D eigenvalue weighted by atomic mass is 10.00. The van der Waals surface area contributed by atoms with E-state index in [2.05, 4.69) is 26.1 Å². The van der Waals surface area contributed by atoms with E-state index >= 15 is 0 Å². The van der Waals surface area contributed by atoms with Gasteiger partial charge in [-0.25, -0.2) is 4.79 Å². The monoisotopic (exact) mass is 270 g/mol. The quantitative estimate of drug-likeness (QED) is 0.848. The number of urea groups is 1. The summed E-state index contributed by atoms with van der Waals surface area (Å²) in [6.45, 7) is 9.78. The number of rotatable bonds is 3. The molecule has 0 radical (unpaired) electrons. The van der Waals surface area contributed by atoms with Crippen molar-refractivity contribution in [3.8, 4) is 0 Å². The molecule has 19 heavy (non-hydrogen) atoms. The summed E-state index contributed by atoms with van der Waals surface area (Å²) in [6, 6.07) is 0.202. The Hall–Kier alpha value is -0.810. The average Bonchev–Trinajstić information content (AvgIpc) is 2.92. The highest BCUT2D eigenvalue weighted by molar-refractivity contribution is 5.74. The van der Waals surface area contributed by atoms with Crippen molar-refractivity contribution in [2.24, 2.45) is 5.92 Å². The molecule has 5 nitrogen and oxygen atoms in total. The van der Waals surface area contributed by atoms with Gasteiger partial charge in [0.2, 0.25) is 0 Å². The molecule has 2 heterocycles. The number of ether oxygens (including phenoxy) is 2. The Morgan fingerprint density at radius 2 is 2.32 bits per heavy atom. The second kappa shape index (κ2) is 6.09. The Labute approximate surface area is 115 Å². The minimum atomic E-state index is -0.199. The van der Waals surface area contributed by atoms with Gasteiger partial charge in [0.1, 0.15) is 0 Å². The molecule has 110 valence electrons. The van der Waals surface area contributed by atoms with Gasteiger partial charge in [0, 0.05) is 25.1 Å². The molecular formula is C14H26N2O3. The van der Waals surface area contributed by atoms with Crippen LogP contribution in [0.2, 0.25) is 0 Å². The van der Waals surface area contributed by atoms with E-state index < -0.39 is 0 Å². The summed E-state index contributed by atoms with van der Waals surface area (Å²) in [7, 11) is 0. The van der Waals surface area contributed by atoms with Crippen LogP contribution in [0.25, 0.3) is 0 Å². The van der Waals surface area contributed by atoms with Gasteiger partial charge in [-0.1, -0.05) is 6.92 Å². The van der Waals surface area contributed by atoms with Gasteiger partial charge in [0.15, 0.2) is 0 Å². The fourth-order valence-electron chi connectivity index (χ4n) is 2.67. The first-order valence-electron chi connectivity index (χ1n) is 7.31. The van der Waals surface area contributed by atoms with Gasteiger partial charge >= 0.3 is 6.03 Å². The fourth-order valence-corrected chi connectivity index (χ4v) is 2.67. The molecule has 2 rings (SSSR count). The second-order valence-corrected chi connectivity index (χ2v) is 5.94. The van der Waals surface area contributed by atoms with E-state index in [0.717, 1.165) is 26.1 Å². The SMILES string of the molecule is CC[C@]1(C)CN(C(=O)N[C@@H](C)[C@@H]2CCOC2)CCO1. The van der Waals surface area contributed by atoms with Crippen LogP contribution in [0.5, 0.6) is 0 Å². The normalized spacial score (nSPS) is 33.2. The van der Waals surface area contributed by atoms with Crippen LogP contribution in [0.3, 0.4) is 0 Å². The number of nitrogens with zero attached hydrogens (tertiary/aromatic N) is 1. The van der Waals surface area contributed by atoms with Crippen LogP contribution in [-0.2, 0) is 9.47 Å². The number of nitrogens with one attached hydrogen (secondary N) is 1. The van der Waals surface area contributed by atoms with Crippen molar-refractivity contribution in [1.29, 1.82) is 0 Å². The average molecular weight is 270 g/mol. The van der Waals surface area contributed by atoms with Gasteiger partial charge in [-0.05, 0) is 26.7 Å². The number of carbonyl (C=O) groups excluding carboxylic acids is 1. The first kappa shape index (κ1) is 14.6. The van der Waals surface area contributed by atoms with E-state index in [0.29, 0.717) is 25.6 Å². The molecule has 1 N–H and O–H groups in total. The lowest BCUT2D eigenvalue weighted by Gasteiger charge is -2.40. The van der Waals surface area contributed by atoms with Crippen molar-refractivity contribution >= 4 is 6.03 Å². The van der Waals surface area contributed by atoms with Crippen LogP contribution >= 0.6 is 0 Å². The second-order valence-electron chi connectivity index (χ2n) is 5.94. The molecule has 0 aromatic carbocycles. The Bertz CT molecular complexity index is 318. The zero-order valence-corrected chi connectivity index (χ0v) is 12.3. The minimum absolute atomic E-state index is 0.0300. The third kappa shape index (κ3) is 3.60. The molecule has 0 aliphatic carbocycles. The molecule has 0 aromatic heterocycles. The van der Waals surface area contributed by atoms with E-state index in [1.807, 2.05) is 4.90 Å². The molecule has 2 amide bonds. The topological polar surface area (TPSA) is 50.8 Å². The highest BCUT2D eigenvalue weighted by Gasteiger charge is 2.33. The van der Waals surface area contributed by atoms with Crippen LogP contribution in [0.15, 0.2) is 0 Å². The Balaban J connectivity index is 1.85. The molecule has 0 bridgehead atoms. The Kier molecular flexibility index (Phi) is 4.68. The van der Waals surface area contributed by atoms with Crippen molar-refractivity contribution < 1.29 is 14.3 Å². The van der Waals surface area contributed by atoms with Crippen molar-refractivity contribution in [3.63, 3.8) is 0 Å². The maximum Gasteiger partial charge on any atom is 0.317 e. The maximum absolute atomic E-state index is 12.3. The highest BCUT2D eigenvalue weighted by atomic mass is 16.5. The molecule has 0 spiro atoms. The molecule has 5 heteroatoms. The molecule has 3 atom stereocenters. The van der Waals surface area contributed by atoms with Crippen molar-refractivity contribution in [3.05, 3.63) is 0 Å². The summed E-state index contributed by atoms with van der Waals surface area (Å²) < 4.78 is 11.1. The van der Waals surface area contributed by atoms with Crippen molar-refractivity contribution in [2.45, 2.75) is 45.3 Å². The van der Waals surface area contributed by atoms with Gasteiger partial charge in [-0.3, -0.25) is 0 Å². The summed E-state index contributed by atoms with van der Waals surface area (Å²) >= 11 is 0. The first-order valence-corrected chi connectivity index (χ1v) is 7.31. The van der Waals surface area contributed by atoms with Gasteiger partial charge in [-0.15, -0.1) is 0 Å². The van der Waals surface area contributed by atoms with Gasteiger partial charge in [0.05, 0.1) is 25.4 Å². The van der Waals surface area contributed by atoms with Crippen LogP contribution in [0, 0.1) is 5.92 Å². The molecule has 2 fully saturated rings. The van der Waals surface area contributed by atoms with E-state index in [1.54, 1.807) is 0 Å². The molecular weight excluding hydrogens is 244 g/mol. The standard InChI is InChI=1S/C14H26N2O3/c1-4-14(3)10-16(6-8-19-14)13(17)15-11(2)12-5-7-18-9-12/h11-12H,4-10H2,1-3H3,(H,15,17)/t11-,12+,14+/m0/s1. The fraction of sp³-hybridized carbons (Fsp3) is 0.929. The molecule has 0 saturated carbocycles. The van der Waals surface area contributed by atoms with E-state index in [-0.39, 0.29) is 17.7 Å². The van der Waals surface area contributed by atoms with Crippen molar-refractivity contribution in [2.75, 3.05) is 32.9 Å².